The predicted octanol–water partition coefficient (Wildman–Crippen LogP) is 1.84. The Bertz CT molecular complexity index is 795. The van der Waals surface area contributed by atoms with E-state index in [0.29, 0.717) is 12.1 Å². The van der Waals surface area contributed by atoms with Crippen molar-refractivity contribution in [3.05, 3.63) is 35.9 Å². The average molecular weight is 362 g/mol. The van der Waals surface area contributed by atoms with Gasteiger partial charge in [0.15, 0.2) is 9.84 Å². The number of sulfone groups is 1. The maximum absolute atomic E-state index is 12.6. The number of carbonyl (C=O) groups is 2. The van der Waals surface area contributed by atoms with Gasteiger partial charge in [-0.3, -0.25) is 9.59 Å². The zero-order valence-electron chi connectivity index (χ0n) is 14.1. The average Bonchev–Trinajstić information content (AvgIpc) is 3.30. The smallest absolute Gasteiger partial charge is 0.247 e. The van der Waals surface area contributed by atoms with E-state index in [2.05, 4.69) is 5.32 Å². The molecule has 2 aliphatic rings. The van der Waals surface area contributed by atoms with E-state index in [1.165, 1.54) is 13.0 Å². The lowest BCUT2D eigenvalue weighted by Crippen LogP contribution is -2.41. The third-order valence-corrected chi connectivity index (χ3v) is 6.20. The normalized spacial score (nSPS) is 22.0. The molecule has 25 heavy (non-hydrogen) atoms. The van der Waals surface area contributed by atoms with Gasteiger partial charge in [-0.15, -0.1) is 0 Å². The minimum atomic E-state index is -3.01. The molecule has 1 aromatic carbocycles. The molecule has 1 atom stereocenters. The lowest BCUT2D eigenvalue weighted by atomic mass is 10.1. The van der Waals surface area contributed by atoms with Gasteiger partial charge in [0.25, 0.3) is 0 Å². The highest BCUT2D eigenvalue weighted by molar-refractivity contribution is 7.91. The molecule has 1 aliphatic carbocycles. The van der Waals surface area contributed by atoms with E-state index < -0.39 is 9.84 Å². The summed E-state index contributed by atoms with van der Waals surface area (Å²) in [6.07, 6.45) is 5.66. The molecule has 1 aromatic rings. The standard InChI is InChI=1S/C18H22N2O4S/c1-13(21)19-15-5-2-14(3-6-15)4-9-18(22)20(16-7-8-16)17-10-11-25(23,24)12-17/h2-6,9,16-17H,7-8,10-12H2,1H3,(H,19,21)/b9-4+. The number of nitrogens with zero attached hydrogens (tertiary/aromatic N) is 1. The van der Waals surface area contributed by atoms with Gasteiger partial charge in [-0.1, -0.05) is 12.1 Å². The van der Waals surface area contributed by atoms with Crippen LogP contribution in [0.1, 0.15) is 31.7 Å². The molecule has 0 bridgehead atoms. The van der Waals surface area contributed by atoms with Crippen molar-refractivity contribution in [1.82, 2.24) is 4.90 Å². The van der Waals surface area contributed by atoms with E-state index in [0.717, 1.165) is 18.4 Å². The third-order valence-electron chi connectivity index (χ3n) is 4.45. The van der Waals surface area contributed by atoms with Gasteiger partial charge >= 0.3 is 0 Å². The van der Waals surface area contributed by atoms with Crippen LogP contribution < -0.4 is 5.32 Å². The van der Waals surface area contributed by atoms with Gasteiger partial charge in [0.2, 0.25) is 11.8 Å². The molecule has 1 N–H and O–H groups in total. The van der Waals surface area contributed by atoms with Gasteiger partial charge in [-0.25, -0.2) is 8.42 Å². The summed E-state index contributed by atoms with van der Waals surface area (Å²) < 4.78 is 23.4. The van der Waals surface area contributed by atoms with Crippen LogP contribution in [-0.4, -0.2) is 48.7 Å². The molecule has 6 nitrogen and oxygen atoms in total. The van der Waals surface area contributed by atoms with Crippen molar-refractivity contribution in [1.29, 1.82) is 0 Å². The van der Waals surface area contributed by atoms with E-state index in [1.807, 2.05) is 12.1 Å². The summed E-state index contributed by atoms with van der Waals surface area (Å²) in [4.78, 5) is 25.4. The SMILES string of the molecule is CC(=O)Nc1ccc(/C=C/C(=O)N(C2CC2)C2CCS(=O)(=O)C2)cc1. The Kier molecular flexibility index (Phi) is 4.94. The van der Waals surface area contributed by atoms with Crippen LogP contribution in [0.5, 0.6) is 0 Å². The Labute approximate surface area is 147 Å². The highest BCUT2D eigenvalue weighted by Gasteiger charge is 2.41. The van der Waals surface area contributed by atoms with Gasteiger partial charge in [0.1, 0.15) is 0 Å². The van der Waals surface area contributed by atoms with Crippen molar-refractivity contribution >= 4 is 33.4 Å². The van der Waals surface area contributed by atoms with Crippen LogP contribution in [0.25, 0.3) is 6.08 Å². The number of rotatable bonds is 5. The molecule has 1 saturated heterocycles. The van der Waals surface area contributed by atoms with Crippen LogP contribution in [0.2, 0.25) is 0 Å². The molecule has 0 spiro atoms. The number of carbonyl (C=O) groups excluding carboxylic acids is 2. The molecule has 2 fully saturated rings. The Morgan fingerprint density at radius 3 is 2.32 bits per heavy atom. The maximum atomic E-state index is 12.6. The first-order chi connectivity index (χ1) is 11.8. The summed E-state index contributed by atoms with van der Waals surface area (Å²) in [7, 11) is -3.01. The summed E-state index contributed by atoms with van der Waals surface area (Å²) in [6.45, 7) is 1.45. The summed E-state index contributed by atoms with van der Waals surface area (Å²) in [5.41, 5.74) is 1.55. The fourth-order valence-electron chi connectivity index (χ4n) is 3.14. The van der Waals surface area contributed by atoms with E-state index in [-0.39, 0.29) is 35.4 Å². The molecule has 2 amide bonds. The number of hydrogen-bond donors (Lipinski definition) is 1. The van der Waals surface area contributed by atoms with Crippen molar-refractivity contribution in [3.63, 3.8) is 0 Å². The number of anilines is 1. The molecule has 7 heteroatoms. The number of nitrogens with one attached hydrogen (secondary N) is 1. The molecular formula is C18H22N2O4S. The number of benzene rings is 1. The molecule has 134 valence electrons. The molecule has 1 unspecified atom stereocenters. The lowest BCUT2D eigenvalue weighted by molar-refractivity contribution is -0.128. The summed E-state index contributed by atoms with van der Waals surface area (Å²) in [6, 6.07) is 7.16. The second kappa shape index (κ2) is 7.00. The van der Waals surface area contributed by atoms with E-state index in [4.69, 9.17) is 0 Å². The van der Waals surface area contributed by atoms with Crippen LogP contribution in [-0.2, 0) is 19.4 Å². The van der Waals surface area contributed by atoms with Crippen LogP contribution >= 0.6 is 0 Å². The van der Waals surface area contributed by atoms with Gasteiger partial charge in [0, 0.05) is 30.8 Å². The van der Waals surface area contributed by atoms with Gasteiger partial charge < -0.3 is 10.2 Å². The Morgan fingerprint density at radius 2 is 1.80 bits per heavy atom. The minimum absolute atomic E-state index is 0.0779. The topological polar surface area (TPSA) is 83.6 Å². The van der Waals surface area contributed by atoms with Crippen molar-refractivity contribution in [3.8, 4) is 0 Å². The van der Waals surface area contributed by atoms with Crippen molar-refractivity contribution in [2.24, 2.45) is 0 Å². The zero-order valence-corrected chi connectivity index (χ0v) is 15.0. The van der Waals surface area contributed by atoms with Crippen molar-refractivity contribution in [2.75, 3.05) is 16.8 Å². The Hall–Kier alpha value is -2.15. The van der Waals surface area contributed by atoms with Gasteiger partial charge in [-0.05, 0) is 43.0 Å². The molecule has 1 heterocycles. The molecule has 1 saturated carbocycles. The Balaban J connectivity index is 1.67. The number of hydrogen-bond acceptors (Lipinski definition) is 4. The zero-order chi connectivity index (χ0) is 18.0. The van der Waals surface area contributed by atoms with E-state index in [9.17, 15) is 18.0 Å². The predicted molar refractivity (Wildman–Crippen MR) is 96.7 cm³/mol. The monoisotopic (exact) mass is 362 g/mol. The van der Waals surface area contributed by atoms with Gasteiger partial charge in [-0.2, -0.15) is 0 Å². The first-order valence-electron chi connectivity index (χ1n) is 8.42. The molecular weight excluding hydrogens is 340 g/mol. The van der Waals surface area contributed by atoms with Crippen molar-refractivity contribution < 1.29 is 18.0 Å². The van der Waals surface area contributed by atoms with Crippen LogP contribution in [0.15, 0.2) is 30.3 Å². The quantitative estimate of drug-likeness (QED) is 0.810. The fraction of sp³-hybridized carbons (Fsp3) is 0.444. The Morgan fingerprint density at radius 1 is 1.12 bits per heavy atom. The molecule has 1 aliphatic heterocycles. The number of amides is 2. The molecule has 0 radical (unpaired) electrons. The largest absolute Gasteiger partial charge is 0.332 e. The third kappa shape index (κ3) is 4.69. The molecule has 3 rings (SSSR count). The summed E-state index contributed by atoms with van der Waals surface area (Å²) in [5, 5.41) is 2.69. The first-order valence-corrected chi connectivity index (χ1v) is 10.2. The van der Waals surface area contributed by atoms with Gasteiger partial charge in [0.05, 0.1) is 11.5 Å². The second-order valence-corrected chi connectivity index (χ2v) is 8.90. The van der Waals surface area contributed by atoms with Crippen LogP contribution in [0.4, 0.5) is 5.69 Å². The minimum Gasteiger partial charge on any atom is -0.332 e. The van der Waals surface area contributed by atoms with Crippen LogP contribution in [0.3, 0.4) is 0 Å². The highest BCUT2D eigenvalue weighted by Crippen LogP contribution is 2.32. The molecule has 0 aromatic heterocycles. The van der Waals surface area contributed by atoms with E-state index in [1.54, 1.807) is 23.1 Å². The highest BCUT2D eigenvalue weighted by atomic mass is 32.2. The summed E-state index contributed by atoms with van der Waals surface area (Å²) in [5.74, 6) is -0.0163. The summed E-state index contributed by atoms with van der Waals surface area (Å²) >= 11 is 0. The van der Waals surface area contributed by atoms with Crippen LogP contribution in [0, 0.1) is 0 Å². The lowest BCUT2D eigenvalue weighted by Gasteiger charge is -2.27. The van der Waals surface area contributed by atoms with Crippen molar-refractivity contribution in [2.45, 2.75) is 38.3 Å². The maximum Gasteiger partial charge on any atom is 0.247 e. The second-order valence-electron chi connectivity index (χ2n) is 6.67. The first kappa shape index (κ1) is 17.7. The fourth-order valence-corrected chi connectivity index (χ4v) is 4.85. The van der Waals surface area contributed by atoms with E-state index >= 15 is 0 Å².